The number of hydrogen-bond donors (Lipinski definition) is 1. The average Bonchev–Trinajstić information content (AvgIpc) is 3.24. The second-order valence-corrected chi connectivity index (χ2v) is 7.90. The smallest absolute Gasteiger partial charge is 0.251 e. The number of likely N-dealkylation sites (tertiary alicyclic amines) is 1. The normalized spacial score (nSPS) is 18.5. The molecule has 1 aliphatic carbocycles. The maximum Gasteiger partial charge on any atom is 0.251 e. The van der Waals surface area contributed by atoms with Gasteiger partial charge in [-0.3, -0.25) is 9.59 Å². The lowest BCUT2D eigenvalue weighted by atomic mass is 10.0. The minimum atomic E-state index is -0.622. The van der Waals surface area contributed by atoms with Gasteiger partial charge >= 0.3 is 0 Å². The van der Waals surface area contributed by atoms with Gasteiger partial charge in [-0.25, -0.2) is 0 Å². The van der Waals surface area contributed by atoms with Crippen molar-refractivity contribution in [3.05, 3.63) is 60.2 Å². The maximum atomic E-state index is 13.3. The molecule has 1 atom stereocenters. The number of hydrogen-bond acceptors (Lipinski definition) is 3. The third-order valence-corrected chi connectivity index (χ3v) is 5.74. The van der Waals surface area contributed by atoms with Crippen LogP contribution in [0.4, 0.5) is 5.69 Å². The highest BCUT2D eigenvalue weighted by atomic mass is 16.5. The van der Waals surface area contributed by atoms with Crippen LogP contribution in [0.5, 0.6) is 5.75 Å². The van der Waals surface area contributed by atoms with E-state index < -0.39 is 6.04 Å². The molecule has 4 rings (SSSR count). The van der Waals surface area contributed by atoms with Gasteiger partial charge in [-0.15, -0.1) is 0 Å². The molecule has 2 aromatic carbocycles. The van der Waals surface area contributed by atoms with E-state index in [4.69, 9.17) is 4.74 Å². The maximum absolute atomic E-state index is 13.3. The largest absolute Gasteiger partial charge is 0.490 e. The molecule has 0 bridgehead atoms. The molecule has 0 aromatic heterocycles. The van der Waals surface area contributed by atoms with E-state index in [1.807, 2.05) is 54.6 Å². The van der Waals surface area contributed by atoms with E-state index >= 15 is 0 Å². The van der Waals surface area contributed by atoms with Crippen LogP contribution < -0.4 is 10.1 Å². The first-order valence-electron chi connectivity index (χ1n) is 10.6. The molecule has 29 heavy (non-hydrogen) atoms. The fourth-order valence-corrected chi connectivity index (χ4v) is 4.26. The second-order valence-electron chi connectivity index (χ2n) is 7.90. The topological polar surface area (TPSA) is 58.6 Å². The van der Waals surface area contributed by atoms with Gasteiger partial charge < -0.3 is 15.0 Å². The summed E-state index contributed by atoms with van der Waals surface area (Å²) in [6, 6.07) is 16.5. The van der Waals surface area contributed by atoms with Gasteiger partial charge in [0.05, 0.1) is 6.10 Å². The molecule has 1 saturated carbocycles. The Morgan fingerprint density at radius 2 is 1.79 bits per heavy atom. The standard InChI is InChI=1S/C24H28N2O3/c27-22-15-6-7-16-26(22)23(18-9-2-1-3-10-18)24(28)25-19-11-8-14-21(17-19)29-20-12-4-5-13-20/h1-3,8-11,14,17,20,23H,4-7,12-13,15-16H2,(H,25,28). The molecule has 1 aliphatic heterocycles. The van der Waals surface area contributed by atoms with Crippen LogP contribution in [0.25, 0.3) is 0 Å². The van der Waals surface area contributed by atoms with Crippen LogP contribution in [0.15, 0.2) is 54.6 Å². The van der Waals surface area contributed by atoms with E-state index in [1.165, 1.54) is 12.8 Å². The summed E-state index contributed by atoms with van der Waals surface area (Å²) in [6.45, 7) is 0.608. The molecule has 0 radical (unpaired) electrons. The summed E-state index contributed by atoms with van der Waals surface area (Å²) in [5.41, 5.74) is 1.52. The van der Waals surface area contributed by atoms with Gasteiger partial charge in [0.15, 0.2) is 0 Å². The van der Waals surface area contributed by atoms with Crippen LogP contribution in [0, 0.1) is 0 Å². The minimum absolute atomic E-state index is 0.0403. The second kappa shape index (κ2) is 9.12. The zero-order valence-corrected chi connectivity index (χ0v) is 16.7. The van der Waals surface area contributed by atoms with Gasteiger partial charge in [-0.05, 0) is 56.2 Å². The summed E-state index contributed by atoms with van der Waals surface area (Å²) in [5, 5.41) is 3.01. The summed E-state index contributed by atoms with van der Waals surface area (Å²) in [6.07, 6.45) is 7.18. The highest BCUT2D eigenvalue weighted by Crippen LogP contribution is 2.29. The lowest BCUT2D eigenvalue weighted by molar-refractivity contribution is -0.141. The molecular weight excluding hydrogens is 364 g/mol. The van der Waals surface area contributed by atoms with Crippen molar-refractivity contribution in [2.75, 3.05) is 11.9 Å². The van der Waals surface area contributed by atoms with Crippen molar-refractivity contribution in [2.24, 2.45) is 0 Å². The van der Waals surface area contributed by atoms with Crippen LogP contribution in [-0.2, 0) is 9.59 Å². The molecule has 152 valence electrons. The molecule has 2 aliphatic rings. The van der Waals surface area contributed by atoms with Crippen LogP contribution in [0.2, 0.25) is 0 Å². The molecule has 2 aromatic rings. The number of piperidine rings is 1. The number of carbonyl (C=O) groups excluding carboxylic acids is 2. The fraction of sp³-hybridized carbons (Fsp3) is 0.417. The molecule has 2 amide bonds. The number of rotatable bonds is 6. The molecule has 5 heteroatoms. The van der Waals surface area contributed by atoms with Gasteiger partial charge in [-0.2, -0.15) is 0 Å². The van der Waals surface area contributed by atoms with Crippen molar-refractivity contribution in [1.29, 1.82) is 0 Å². The number of ether oxygens (including phenoxy) is 1. The number of anilines is 1. The Morgan fingerprint density at radius 3 is 2.55 bits per heavy atom. The Kier molecular flexibility index (Phi) is 6.13. The van der Waals surface area contributed by atoms with Crippen molar-refractivity contribution in [3.63, 3.8) is 0 Å². The lowest BCUT2D eigenvalue weighted by Crippen LogP contribution is -2.43. The van der Waals surface area contributed by atoms with Crippen LogP contribution in [-0.4, -0.2) is 29.4 Å². The Bertz CT molecular complexity index is 846. The summed E-state index contributed by atoms with van der Waals surface area (Å²) >= 11 is 0. The first-order chi connectivity index (χ1) is 14.2. The number of nitrogens with zero attached hydrogens (tertiary/aromatic N) is 1. The van der Waals surface area contributed by atoms with Crippen LogP contribution in [0.1, 0.15) is 56.6 Å². The van der Waals surface area contributed by atoms with Gasteiger partial charge in [0.25, 0.3) is 5.91 Å². The summed E-state index contributed by atoms with van der Waals surface area (Å²) in [4.78, 5) is 27.5. The summed E-state index contributed by atoms with van der Waals surface area (Å²) in [7, 11) is 0. The summed E-state index contributed by atoms with van der Waals surface area (Å²) in [5.74, 6) is 0.628. The Balaban J connectivity index is 1.52. The van der Waals surface area contributed by atoms with Gasteiger partial charge in [0.2, 0.25) is 5.91 Å². The average molecular weight is 392 g/mol. The third kappa shape index (κ3) is 4.78. The zero-order valence-electron chi connectivity index (χ0n) is 16.7. The molecule has 1 unspecified atom stereocenters. The number of benzene rings is 2. The Morgan fingerprint density at radius 1 is 1.00 bits per heavy atom. The monoisotopic (exact) mass is 392 g/mol. The number of amides is 2. The number of nitrogens with one attached hydrogen (secondary N) is 1. The van der Waals surface area contributed by atoms with E-state index in [-0.39, 0.29) is 17.9 Å². The van der Waals surface area contributed by atoms with Crippen LogP contribution in [0.3, 0.4) is 0 Å². The highest BCUT2D eigenvalue weighted by Gasteiger charge is 2.32. The van der Waals surface area contributed by atoms with Crippen molar-refractivity contribution in [3.8, 4) is 5.75 Å². The molecule has 1 saturated heterocycles. The summed E-state index contributed by atoms with van der Waals surface area (Å²) < 4.78 is 6.06. The van der Waals surface area contributed by atoms with E-state index in [0.29, 0.717) is 18.7 Å². The molecular formula is C24H28N2O3. The van der Waals surface area contributed by atoms with E-state index in [0.717, 1.165) is 37.0 Å². The molecule has 5 nitrogen and oxygen atoms in total. The van der Waals surface area contributed by atoms with Gasteiger partial charge in [0, 0.05) is 24.7 Å². The minimum Gasteiger partial charge on any atom is -0.490 e. The lowest BCUT2D eigenvalue weighted by Gasteiger charge is -2.34. The predicted octanol–water partition coefficient (Wildman–Crippen LogP) is 4.70. The van der Waals surface area contributed by atoms with Crippen molar-refractivity contribution < 1.29 is 14.3 Å². The first-order valence-corrected chi connectivity index (χ1v) is 10.6. The van der Waals surface area contributed by atoms with Gasteiger partial charge in [0.1, 0.15) is 11.8 Å². The van der Waals surface area contributed by atoms with E-state index in [9.17, 15) is 9.59 Å². The van der Waals surface area contributed by atoms with E-state index in [2.05, 4.69) is 5.32 Å². The first kappa shape index (κ1) is 19.5. The molecule has 1 N–H and O–H groups in total. The highest BCUT2D eigenvalue weighted by molar-refractivity contribution is 5.98. The van der Waals surface area contributed by atoms with Crippen molar-refractivity contribution in [2.45, 2.75) is 57.1 Å². The van der Waals surface area contributed by atoms with Crippen molar-refractivity contribution in [1.82, 2.24) is 4.90 Å². The fourth-order valence-electron chi connectivity index (χ4n) is 4.26. The van der Waals surface area contributed by atoms with E-state index in [1.54, 1.807) is 4.90 Å². The zero-order chi connectivity index (χ0) is 20.1. The Labute approximate surface area is 172 Å². The number of carbonyl (C=O) groups is 2. The molecule has 0 spiro atoms. The predicted molar refractivity (Wildman–Crippen MR) is 113 cm³/mol. The van der Waals surface area contributed by atoms with Gasteiger partial charge in [-0.1, -0.05) is 36.4 Å². The Hall–Kier alpha value is -2.82. The quantitative estimate of drug-likeness (QED) is 0.775. The third-order valence-electron chi connectivity index (χ3n) is 5.74. The van der Waals surface area contributed by atoms with Crippen molar-refractivity contribution >= 4 is 17.5 Å². The molecule has 1 heterocycles. The SMILES string of the molecule is O=C(Nc1cccc(OC2CCCC2)c1)C(c1ccccc1)N1CCCCC1=O. The van der Waals surface area contributed by atoms with Crippen LogP contribution >= 0.6 is 0 Å². The molecule has 2 fully saturated rings.